The highest BCUT2D eigenvalue weighted by atomic mass is 19.1. The molecule has 0 aliphatic heterocycles. The fraction of sp³-hybridized carbons (Fsp3) is 0. The van der Waals surface area contributed by atoms with Gasteiger partial charge in [-0.3, -0.25) is 0 Å². The number of nitrogen functional groups attached to an aromatic ring is 2. The Labute approximate surface area is 115 Å². The highest BCUT2D eigenvalue weighted by Crippen LogP contribution is 2.29. The fourth-order valence-corrected chi connectivity index (χ4v) is 2.08. The molecule has 0 aliphatic carbocycles. The van der Waals surface area contributed by atoms with Gasteiger partial charge in [-0.15, -0.1) is 0 Å². The minimum atomic E-state index is -0.338. The molecule has 0 aliphatic rings. The Bertz CT molecular complexity index is 750. The predicted octanol–water partition coefficient (Wildman–Crippen LogP) is 2.65. The van der Waals surface area contributed by atoms with Gasteiger partial charge < -0.3 is 11.6 Å². The minimum Gasteiger partial charge on any atom is -0.382 e. The van der Waals surface area contributed by atoms with E-state index < -0.39 is 0 Å². The lowest BCUT2D eigenvalue weighted by Crippen LogP contribution is -2.13. The van der Waals surface area contributed by atoms with Gasteiger partial charge in [0.2, 0.25) is 0 Å². The van der Waals surface area contributed by atoms with Crippen LogP contribution in [0.4, 0.5) is 10.2 Å². The standard InChI is InChI=1S/C15H13FN4/c16-12-8-4-7-11(9-12)13-14(17)20(18)15(19-13)10-5-2-1-3-6-10/h1-9H,17-18H2. The summed E-state index contributed by atoms with van der Waals surface area (Å²) in [6.45, 7) is 0. The number of halogens is 1. The summed E-state index contributed by atoms with van der Waals surface area (Å²) in [6, 6.07) is 15.6. The van der Waals surface area contributed by atoms with Gasteiger partial charge in [-0.2, -0.15) is 0 Å². The lowest BCUT2D eigenvalue weighted by Gasteiger charge is -2.02. The second-order valence-corrected chi connectivity index (χ2v) is 4.42. The van der Waals surface area contributed by atoms with E-state index in [0.717, 1.165) is 5.56 Å². The normalized spacial score (nSPS) is 10.7. The summed E-state index contributed by atoms with van der Waals surface area (Å²) in [5, 5.41) is 0. The molecule has 0 radical (unpaired) electrons. The largest absolute Gasteiger partial charge is 0.382 e. The van der Waals surface area contributed by atoms with E-state index in [-0.39, 0.29) is 5.82 Å². The monoisotopic (exact) mass is 268 g/mol. The van der Waals surface area contributed by atoms with E-state index in [1.54, 1.807) is 12.1 Å². The zero-order valence-electron chi connectivity index (χ0n) is 10.6. The van der Waals surface area contributed by atoms with Crippen LogP contribution in [0.2, 0.25) is 0 Å². The van der Waals surface area contributed by atoms with Crippen LogP contribution in [0.3, 0.4) is 0 Å². The molecule has 0 saturated carbocycles. The number of nitrogens with two attached hydrogens (primary N) is 2. The molecule has 2 aromatic carbocycles. The molecule has 4 N–H and O–H groups in total. The van der Waals surface area contributed by atoms with E-state index in [2.05, 4.69) is 4.98 Å². The Morgan fingerprint density at radius 1 is 0.950 bits per heavy atom. The molecule has 0 saturated heterocycles. The quantitative estimate of drug-likeness (QED) is 0.702. The van der Waals surface area contributed by atoms with Gasteiger partial charge in [0.05, 0.1) is 0 Å². The number of imidazole rings is 1. The van der Waals surface area contributed by atoms with Crippen molar-refractivity contribution < 1.29 is 4.39 Å². The summed E-state index contributed by atoms with van der Waals surface area (Å²) >= 11 is 0. The number of nitrogens with zero attached hydrogens (tertiary/aromatic N) is 2. The zero-order valence-corrected chi connectivity index (χ0v) is 10.6. The number of hydrogen-bond donors (Lipinski definition) is 2. The molecule has 0 fully saturated rings. The van der Waals surface area contributed by atoms with Gasteiger partial charge >= 0.3 is 0 Å². The van der Waals surface area contributed by atoms with Crippen LogP contribution in [-0.2, 0) is 0 Å². The summed E-state index contributed by atoms with van der Waals surface area (Å²) in [5.74, 6) is 6.45. The maximum absolute atomic E-state index is 13.3. The Kier molecular flexibility index (Phi) is 2.87. The molecule has 100 valence electrons. The van der Waals surface area contributed by atoms with Crippen LogP contribution in [0.5, 0.6) is 0 Å². The first-order chi connectivity index (χ1) is 9.66. The number of hydrogen-bond acceptors (Lipinski definition) is 3. The number of aromatic nitrogens is 2. The van der Waals surface area contributed by atoms with Crippen molar-refractivity contribution in [3.05, 3.63) is 60.4 Å². The number of benzene rings is 2. The summed E-state index contributed by atoms with van der Waals surface area (Å²) in [6.07, 6.45) is 0. The number of anilines is 1. The van der Waals surface area contributed by atoms with Crippen molar-refractivity contribution in [2.75, 3.05) is 11.6 Å². The maximum atomic E-state index is 13.3. The molecule has 3 rings (SSSR count). The molecule has 3 aromatic rings. The number of rotatable bonds is 2. The average molecular weight is 268 g/mol. The van der Waals surface area contributed by atoms with Crippen LogP contribution >= 0.6 is 0 Å². The second-order valence-electron chi connectivity index (χ2n) is 4.42. The molecule has 1 heterocycles. The van der Waals surface area contributed by atoms with Crippen LogP contribution in [0.25, 0.3) is 22.6 Å². The van der Waals surface area contributed by atoms with Gasteiger partial charge in [0.15, 0.2) is 11.6 Å². The first kappa shape index (κ1) is 12.2. The van der Waals surface area contributed by atoms with E-state index in [9.17, 15) is 4.39 Å². The molecule has 0 amide bonds. The van der Waals surface area contributed by atoms with Gasteiger partial charge in [0, 0.05) is 11.1 Å². The van der Waals surface area contributed by atoms with Crippen molar-refractivity contribution in [2.45, 2.75) is 0 Å². The van der Waals surface area contributed by atoms with Crippen LogP contribution in [-0.4, -0.2) is 9.66 Å². The van der Waals surface area contributed by atoms with Crippen molar-refractivity contribution in [1.29, 1.82) is 0 Å². The highest BCUT2D eigenvalue weighted by Gasteiger charge is 2.16. The third kappa shape index (κ3) is 1.99. The van der Waals surface area contributed by atoms with Crippen molar-refractivity contribution in [3.63, 3.8) is 0 Å². The summed E-state index contributed by atoms with van der Waals surface area (Å²) < 4.78 is 14.6. The highest BCUT2D eigenvalue weighted by molar-refractivity contribution is 5.75. The first-order valence-electron chi connectivity index (χ1n) is 6.11. The SMILES string of the molecule is Nc1c(-c2cccc(F)c2)nc(-c2ccccc2)n1N. The van der Waals surface area contributed by atoms with Crippen LogP contribution in [0.1, 0.15) is 0 Å². The van der Waals surface area contributed by atoms with Gasteiger partial charge in [-0.1, -0.05) is 42.5 Å². The molecule has 0 unspecified atom stereocenters. The van der Waals surface area contributed by atoms with Gasteiger partial charge in [0.25, 0.3) is 0 Å². The summed E-state index contributed by atoms with van der Waals surface area (Å²) in [4.78, 5) is 4.44. The van der Waals surface area contributed by atoms with Crippen molar-refractivity contribution in [2.24, 2.45) is 0 Å². The molecule has 4 nitrogen and oxygen atoms in total. The molecule has 1 aromatic heterocycles. The van der Waals surface area contributed by atoms with E-state index >= 15 is 0 Å². The second kappa shape index (κ2) is 4.70. The van der Waals surface area contributed by atoms with Crippen molar-refractivity contribution in [1.82, 2.24) is 9.66 Å². The maximum Gasteiger partial charge on any atom is 0.160 e. The predicted molar refractivity (Wildman–Crippen MR) is 77.6 cm³/mol. The topological polar surface area (TPSA) is 69.9 Å². The first-order valence-corrected chi connectivity index (χ1v) is 6.11. The van der Waals surface area contributed by atoms with E-state index in [0.29, 0.717) is 22.9 Å². The van der Waals surface area contributed by atoms with E-state index in [4.69, 9.17) is 11.6 Å². The third-order valence-electron chi connectivity index (χ3n) is 3.08. The van der Waals surface area contributed by atoms with Crippen LogP contribution in [0, 0.1) is 5.82 Å². The zero-order chi connectivity index (χ0) is 14.1. The van der Waals surface area contributed by atoms with Crippen molar-refractivity contribution >= 4 is 5.82 Å². The van der Waals surface area contributed by atoms with E-state index in [1.165, 1.54) is 16.8 Å². The molecule has 20 heavy (non-hydrogen) atoms. The third-order valence-corrected chi connectivity index (χ3v) is 3.08. The molecule has 0 atom stereocenters. The molecule has 0 spiro atoms. The summed E-state index contributed by atoms with van der Waals surface area (Å²) in [7, 11) is 0. The van der Waals surface area contributed by atoms with Crippen LogP contribution in [0.15, 0.2) is 54.6 Å². The lowest BCUT2D eigenvalue weighted by molar-refractivity contribution is 0.628. The fourth-order valence-electron chi connectivity index (χ4n) is 2.08. The van der Waals surface area contributed by atoms with Gasteiger partial charge in [-0.25, -0.2) is 14.1 Å². The summed E-state index contributed by atoms with van der Waals surface area (Å²) in [5.41, 5.74) is 7.91. The molecular weight excluding hydrogens is 255 g/mol. The Morgan fingerprint density at radius 2 is 1.65 bits per heavy atom. The Balaban J connectivity index is 2.16. The average Bonchev–Trinajstić information content (AvgIpc) is 2.76. The molecule has 5 heteroatoms. The smallest absolute Gasteiger partial charge is 0.160 e. The van der Waals surface area contributed by atoms with Crippen molar-refractivity contribution in [3.8, 4) is 22.6 Å². The molecule has 0 bridgehead atoms. The van der Waals surface area contributed by atoms with Crippen LogP contribution < -0.4 is 11.6 Å². The van der Waals surface area contributed by atoms with E-state index in [1.807, 2.05) is 30.3 Å². The molecular formula is C15H13FN4. The van der Waals surface area contributed by atoms with Gasteiger partial charge in [0.1, 0.15) is 11.5 Å². The lowest BCUT2D eigenvalue weighted by atomic mass is 10.1. The minimum absolute atomic E-state index is 0.300. The Hall–Kier alpha value is -2.82. The Morgan fingerprint density at radius 3 is 2.35 bits per heavy atom. The van der Waals surface area contributed by atoms with Gasteiger partial charge in [-0.05, 0) is 12.1 Å².